The normalized spacial score (nSPS) is 15.5. The maximum atomic E-state index is 14.6. The predicted octanol–water partition coefficient (Wildman–Crippen LogP) is 3.81. The predicted molar refractivity (Wildman–Crippen MR) is 112 cm³/mol. The van der Waals surface area contributed by atoms with Crippen molar-refractivity contribution in [1.29, 1.82) is 5.26 Å². The molecule has 8 heteroatoms. The van der Waals surface area contributed by atoms with Gasteiger partial charge < -0.3 is 15.4 Å². The number of anilines is 2. The average Bonchev–Trinajstić information content (AvgIpc) is 3.27. The van der Waals surface area contributed by atoms with Crippen LogP contribution in [0.15, 0.2) is 36.4 Å². The van der Waals surface area contributed by atoms with Crippen molar-refractivity contribution >= 4 is 17.4 Å². The number of carbonyl (C=O) groups is 1. The highest BCUT2D eigenvalue weighted by molar-refractivity contribution is 6.04. The Morgan fingerprint density at radius 1 is 1.23 bits per heavy atom. The topological polar surface area (TPSA) is 99.9 Å². The van der Waals surface area contributed by atoms with Gasteiger partial charge in [0, 0.05) is 11.0 Å². The second-order valence-corrected chi connectivity index (χ2v) is 8.18. The molecule has 154 valence electrons. The van der Waals surface area contributed by atoms with Gasteiger partial charge in [-0.25, -0.2) is 9.37 Å². The van der Waals surface area contributed by atoms with E-state index in [9.17, 15) is 14.4 Å². The molecule has 0 saturated heterocycles. The molecule has 2 aliphatic heterocycles. The van der Waals surface area contributed by atoms with Gasteiger partial charge in [0.05, 0.1) is 53.0 Å². The fraction of sp³-hybridized carbons (Fsp3) is 0.217. The van der Waals surface area contributed by atoms with E-state index < -0.39 is 5.82 Å². The molecular formula is C23H18FN5O2. The third-order valence-corrected chi connectivity index (χ3v) is 5.55. The minimum atomic E-state index is -0.555. The number of ether oxygens (including phenoxy) is 1. The smallest absolute Gasteiger partial charge is 0.255 e. The highest BCUT2D eigenvalue weighted by Crippen LogP contribution is 2.39. The Morgan fingerprint density at radius 2 is 2.06 bits per heavy atom. The molecule has 7 nitrogen and oxygen atoms in total. The molecule has 0 radical (unpaired) electrons. The summed E-state index contributed by atoms with van der Waals surface area (Å²) in [4.78, 5) is 21.4. The van der Waals surface area contributed by atoms with Crippen LogP contribution in [0.5, 0.6) is 5.88 Å². The van der Waals surface area contributed by atoms with Gasteiger partial charge in [-0.3, -0.25) is 4.79 Å². The highest BCUT2D eigenvalue weighted by atomic mass is 19.1. The summed E-state index contributed by atoms with van der Waals surface area (Å²) < 4.78 is 20.3. The van der Waals surface area contributed by atoms with Crippen LogP contribution >= 0.6 is 0 Å². The monoisotopic (exact) mass is 415 g/mol. The number of aromatic nitrogens is 2. The molecule has 4 heterocycles. The Morgan fingerprint density at radius 3 is 2.87 bits per heavy atom. The van der Waals surface area contributed by atoms with Crippen molar-refractivity contribution in [2.45, 2.75) is 25.8 Å². The molecular weight excluding hydrogens is 397 g/mol. The Kier molecular flexibility index (Phi) is 4.15. The molecule has 1 amide bonds. The first kappa shape index (κ1) is 19.0. The number of nitrogens with one attached hydrogen (secondary N) is 2. The molecule has 1 aromatic carbocycles. The zero-order valence-electron chi connectivity index (χ0n) is 16.9. The van der Waals surface area contributed by atoms with Crippen molar-refractivity contribution in [1.82, 2.24) is 15.3 Å². The van der Waals surface area contributed by atoms with Crippen LogP contribution in [0.4, 0.5) is 15.9 Å². The lowest BCUT2D eigenvalue weighted by Gasteiger charge is -2.15. The van der Waals surface area contributed by atoms with E-state index in [1.807, 2.05) is 18.2 Å². The van der Waals surface area contributed by atoms with Gasteiger partial charge in [-0.2, -0.15) is 10.2 Å². The number of amides is 1. The van der Waals surface area contributed by atoms with Crippen molar-refractivity contribution in [2.75, 3.05) is 11.9 Å². The summed E-state index contributed by atoms with van der Waals surface area (Å²) >= 11 is 0. The van der Waals surface area contributed by atoms with Gasteiger partial charge in [-0.1, -0.05) is 19.9 Å². The van der Waals surface area contributed by atoms with E-state index in [0.717, 1.165) is 5.56 Å². The third-order valence-electron chi connectivity index (χ3n) is 5.55. The maximum absolute atomic E-state index is 14.6. The SMILES string of the molecule is CC1(C)COc2nc(Nc3cc(-c4c(F)cccc4C#N)nc4c3C(=O)NC4)ccc21. The van der Waals surface area contributed by atoms with E-state index in [0.29, 0.717) is 35.2 Å². The van der Waals surface area contributed by atoms with Gasteiger partial charge in [0.25, 0.3) is 5.91 Å². The number of halogens is 1. The van der Waals surface area contributed by atoms with Gasteiger partial charge in [-0.15, -0.1) is 0 Å². The maximum Gasteiger partial charge on any atom is 0.255 e. The fourth-order valence-corrected chi connectivity index (χ4v) is 3.94. The summed E-state index contributed by atoms with van der Waals surface area (Å²) in [6, 6.07) is 11.6. The van der Waals surface area contributed by atoms with E-state index in [4.69, 9.17) is 4.74 Å². The molecule has 5 rings (SSSR count). The summed E-state index contributed by atoms with van der Waals surface area (Å²) in [5.74, 6) is 0.209. The minimum absolute atomic E-state index is 0.0993. The first-order valence-electron chi connectivity index (χ1n) is 9.80. The third kappa shape index (κ3) is 3.06. The Bertz CT molecular complexity index is 1300. The van der Waals surface area contributed by atoms with E-state index in [-0.39, 0.29) is 34.7 Å². The number of nitrogens with zero attached hydrogens (tertiary/aromatic N) is 3. The first-order valence-corrected chi connectivity index (χ1v) is 9.80. The number of nitriles is 1. The van der Waals surface area contributed by atoms with Gasteiger partial charge in [-0.05, 0) is 30.3 Å². The Balaban J connectivity index is 1.62. The van der Waals surface area contributed by atoms with Crippen LogP contribution in [0.2, 0.25) is 0 Å². The molecule has 0 atom stereocenters. The first-order chi connectivity index (χ1) is 14.9. The molecule has 3 aromatic rings. The molecule has 2 aliphatic rings. The lowest BCUT2D eigenvalue weighted by molar-refractivity contribution is 0.0966. The summed E-state index contributed by atoms with van der Waals surface area (Å²) in [5, 5.41) is 15.3. The van der Waals surface area contributed by atoms with E-state index >= 15 is 0 Å². The standard InChI is InChI=1S/C23H18FN5O2/c1-23(2)11-31-22-13(23)6-7-18(29-22)28-16-8-15(27-17-10-26-21(30)20(16)17)19-12(9-25)4-3-5-14(19)24/h3-8H,10-11H2,1-2H3,(H,26,30)(H,27,28,29). The molecule has 0 bridgehead atoms. The zero-order chi connectivity index (χ0) is 21.8. The average molecular weight is 415 g/mol. The molecule has 2 N–H and O–H groups in total. The summed E-state index contributed by atoms with van der Waals surface area (Å²) in [7, 11) is 0. The molecule has 0 unspecified atom stereocenters. The van der Waals surface area contributed by atoms with Gasteiger partial charge >= 0.3 is 0 Å². The van der Waals surface area contributed by atoms with Gasteiger partial charge in [0.1, 0.15) is 11.6 Å². The quantitative estimate of drug-likeness (QED) is 0.675. The Hall–Kier alpha value is -3.99. The minimum Gasteiger partial charge on any atom is -0.476 e. The number of rotatable bonds is 3. The molecule has 2 aromatic heterocycles. The molecule has 31 heavy (non-hydrogen) atoms. The van der Waals surface area contributed by atoms with Crippen LogP contribution in [-0.2, 0) is 12.0 Å². The summed E-state index contributed by atoms with van der Waals surface area (Å²) in [6.45, 7) is 4.93. The van der Waals surface area contributed by atoms with E-state index in [1.165, 1.54) is 18.2 Å². The van der Waals surface area contributed by atoms with Crippen LogP contribution in [0, 0.1) is 17.1 Å². The van der Waals surface area contributed by atoms with Crippen LogP contribution < -0.4 is 15.4 Å². The lowest BCUT2D eigenvalue weighted by Crippen LogP contribution is -2.18. The van der Waals surface area contributed by atoms with Crippen LogP contribution in [-0.4, -0.2) is 22.5 Å². The number of pyridine rings is 2. The molecule has 0 saturated carbocycles. The van der Waals surface area contributed by atoms with Gasteiger partial charge in [0.15, 0.2) is 0 Å². The van der Waals surface area contributed by atoms with E-state index in [1.54, 1.807) is 6.07 Å². The fourth-order valence-electron chi connectivity index (χ4n) is 3.94. The highest BCUT2D eigenvalue weighted by Gasteiger charge is 2.33. The number of fused-ring (bicyclic) bond motifs is 2. The molecule has 0 fully saturated rings. The van der Waals surface area contributed by atoms with Crippen LogP contribution in [0.25, 0.3) is 11.3 Å². The second kappa shape index (κ2) is 6.77. The van der Waals surface area contributed by atoms with Crippen LogP contribution in [0.3, 0.4) is 0 Å². The second-order valence-electron chi connectivity index (χ2n) is 8.18. The zero-order valence-corrected chi connectivity index (χ0v) is 16.9. The van der Waals surface area contributed by atoms with Crippen molar-refractivity contribution in [3.63, 3.8) is 0 Å². The largest absolute Gasteiger partial charge is 0.476 e. The number of hydrogen-bond acceptors (Lipinski definition) is 6. The number of benzene rings is 1. The number of carbonyl (C=O) groups excluding carboxylic acids is 1. The van der Waals surface area contributed by atoms with Gasteiger partial charge in [0.2, 0.25) is 5.88 Å². The molecule has 0 aliphatic carbocycles. The Labute approximate surface area is 177 Å². The summed E-state index contributed by atoms with van der Waals surface area (Å²) in [5.41, 5.74) is 2.73. The van der Waals surface area contributed by atoms with Crippen molar-refractivity contribution in [3.05, 3.63) is 64.6 Å². The molecule has 0 spiro atoms. The van der Waals surface area contributed by atoms with Crippen molar-refractivity contribution < 1.29 is 13.9 Å². The van der Waals surface area contributed by atoms with Crippen molar-refractivity contribution in [3.8, 4) is 23.2 Å². The van der Waals surface area contributed by atoms with E-state index in [2.05, 4.69) is 34.4 Å². The summed E-state index contributed by atoms with van der Waals surface area (Å²) in [6.07, 6.45) is 0. The van der Waals surface area contributed by atoms with Crippen molar-refractivity contribution in [2.24, 2.45) is 0 Å². The van der Waals surface area contributed by atoms with Crippen LogP contribution in [0.1, 0.15) is 41.0 Å². The lowest BCUT2D eigenvalue weighted by atomic mass is 9.88. The number of hydrogen-bond donors (Lipinski definition) is 2.